The lowest BCUT2D eigenvalue weighted by atomic mass is 9.85. The molecule has 1 N–H and O–H groups in total. The average Bonchev–Trinajstić information content (AvgIpc) is 2.89. The van der Waals surface area contributed by atoms with E-state index < -0.39 is 0 Å². The molecule has 1 aliphatic carbocycles. The Morgan fingerprint density at radius 3 is 2.78 bits per heavy atom. The number of rotatable bonds is 5. The monoisotopic (exact) mass is 268 g/mol. The molecule has 1 heterocycles. The molecule has 0 saturated heterocycles. The Morgan fingerprint density at radius 1 is 1.44 bits per heavy atom. The molecule has 3 nitrogen and oxygen atoms in total. The summed E-state index contributed by atoms with van der Waals surface area (Å²) in [4.78, 5) is 5.96. The maximum Gasteiger partial charge on any atom is 0.125 e. The van der Waals surface area contributed by atoms with E-state index in [9.17, 15) is 0 Å². The number of hydrogen-bond donors (Lipinski definition) is 1. The fourth-order valence-electron chi connectivity index (χ4n) is 2.66. The molecule has 1 aromatic rings. The van der Waals surface area contributed by atoms with Gasteiger partial charge in [0.05, 0.1) is 0 Å². The van der Waals surface area contributed by atoms with Crippen LogP contribution in [0.4, 0.5) is 0 Å². The first kappa shape index (κ1) is 14.0. The van der Waals surface area contributed by atoms with Gasteiger partial charge in [-0.2, -0.15) is 0 Å². The third kappa shape index (κ3) is 2.76. The molecule has 1 aromatic heterocycles. The van der Waals surface area contributed by atoms with Crippen molar-refractivity contribution in [1.29, 1.82) is 0 Å². The van der Waals surface area contributed by atoms with Gasteiger partial charge >= 0.3 is 0 Å². The van der Waals surface area contributed by atoms with Crippen molar-refractivity contribution in [2.24, 2.45) is 0 Å². The fourth-order valence-corrected chi connectivity index (χ4v) is 3.84. The summed E-state index contributed by atoms with van der Waals surface area (Å²) in [6, 6.07) is 0.374. The molecule has 1 aliphatic rings. The van der Waals surface area contributed by atoms with E-state index >= 15 is 0 Å². The van der Waals surface area contributed by atoms with E-state index in [0.717, 1.165) is 19.4 Å². The first-order valence-electron chi connectivity index (χ1n) is 6.99. The number of hydrogen-bond acceptors (Lipinski definition) is 4. The van der Waals surface area contributed by atoms with E-state index in [-0.39, 0.29) is 5.60 Å². The molecule has 0 spiro atoms. The van der Waals surface area contributed by atoms with Gasteiger partial charge in [-0.25, -0.2) is 4.98 Å². The molecule has 0 aliphatic heterocycles. The molecule has 1 saturated carbocycles. The van der Waals surface area contributed by atoms with Gasteiger partial charge in [-0.15, -0.1) is 11.3 Å². The van der Waals surface area contributed by atoms with Crippen molar-refractivity contribution in [2.75, 3.05) is 13.7 Å². The number of nitrogens with one attached hydrogen (secondary N) is 1. The Balaban J connectivity index is 2.22. The van der Waals surface area contributed by atoms with E-state index in [4.69, 9.17) is 4.74 Å². The summed E-state index contributed by atoms with van der Waals surface area (Å²) in [7, 11) is 1.99. The van der Waals surface area contributed by atoms with Gasteiger partial charge in [-0.1, -0.05) is 19.3 Å². The third-order valence-corrected chi connectivity index (χ3v) is 5.22. The minimum absolute atomic E-state index is 0.0939. The summed E-state index contributed by atoms with van der Waals surface area (Å²) in [6.07, 6.45) is 8.12. The van der Waals surface area contributed by atoms with Gasteiger partial charge < -0.3 is 10.1 Å². The van der Waals surface area contributed by atoms with Crippen LogP contribution in [-0.4, -0.2) is 18.6 Å². The van der Waals surface area contributed by atoms with Gasteiger partial charge in [0.1, 0.15) is 10.6 Å². The average molecular weight is 268 g/mol. The van der Waals surface area contributed by atoms with Crippen molar-refractivity contribution in [3.05, 3.63) is 16.1 Å². The van der Waals surface area contributed by atoms with Crippen LogP contribution in [0.3, 0.4) is 0 Å². The van der Waals surface area contributed by atoms with E-state index in [1.54, 1.807) is 0 Å². The minimum atomic E-state index is -0.0939. The van der Waals surface area contributed by atoms with Crippen LogP contribution in [0, 0.1) is 0 Å². The highest BCUT2D eigenvalue weighted by Crippen LogP contribution is 2.42. The molecular formula is C14H24N2OS. The largest absolute Gasteiger partial charge is 0.368 e. The minimum Gasteiger partial charge on any atom is -0.368 e. The summed E-state index contributed by atoms with van der Waals surface area (Å²) in [6.45, 7) is 5.03. The molecule has 18 heavy (non-hydrogen) atoms. The standard InChI is InChI=1S/C14H24N2OS/c1-4-17-14(8-6-5-7-9-14)13-16-10-12(18-13)11(2)15-3/h10-11,15H,4-9H2,1-3H3. The Hall–Kier alpha value is -0.450. The van der Waals surface area contributed by atoms with Crippen LogP contribution in [0.25, 0.3) is 0 Å². The van der Waals surface area contributed by atoms with Gasteiger partial charge in [0.15, 0.2) is 0 Å². The van der Waals surface area contributed by atoms with Gasteiger partial charge in [-0.3, -0.25) is 0 Å². The molecule has 4 heteroatoms. The molecule has 1 fully saturated rings. The molecule has 1 atom stereocenters. The Kier molecular flexibility index (Phi) is 4.76. The van der Waals surface area contributed by atoms with Gasteiger partial charge in [0.25, 0.3) is 0 Å². The second kappa shape index (κ2) is 6.13. The number of nitrogens with zero attached hydrogens (tertiary/aromatic N) is 1. The highest BCUT2D eigenvalue weighted by molar-refractivity contribution is 7.11. The second-order valence-corrected chi connectivity index (χ2v) is 6.13. The smallest absolute Gasteiger partial charge is 0.125 e. The number of ether oxygens (including phenoxy) is 1. The van der Waals surface area contributed by atoms with Gasteiger partial charge in [-0.05, 0) is 33.7 Å². The lowest BCUT2D eigenvalue weighted by Gasteiger charge is -2.35. The quantitative estimate of drug-likeness (QED) is 0.885. The van der Waals surface area contributed by atoms with E-state index in [2.05, 4.69) is 24.1 Å². The number of thiazole rings is 1. The van der Waals surface area contributed by atoms with Crippen LogP contribution in [0.5, 0.6) is 0 Å². The predicted octanol–water partition coefficient (Wildman–Crippen LogP) is 3.62. The van der Waals surface area contributed by atoms with Crippen LogP contribution in [0.1, 0.15) is 61.9 Å². The summed E-state index contributed by atoms with van der Waals surface area (Å²) >= 11 is 1.81. The van der Waals surface area contributed by atoms with Crippen LogP contribution in [0.15, 0.2) is 6.20 Å². The van der Waals surface area contributed by atoms with Crippen LogP contribution >= 0.6 is 11.3 Å². The normalized spacial score (nSPS) is 20.8. The van der Waals surface area contributed by atoms with Crippen molar-refractivity contribution in [3.63, 3.8) is 0 Å². The van der Waals surface area contributed by atoms with E-state index in [0.29, 0.717) is 6.04 Å². The fraction of sp³-hybridized carbons (Fsp3) is 0.786. The molecule has 102 valence electrons. The summed E-state index contributed by atoms with van der Waals surface area (Å²) in [5, 5.41) is 4.45. The van der Waals surface area contributed by atoms with Gasteiger partial charge in [0, 0.05) is 23.7 Å². The van der Waals surface area contributed by atoms with Crippen molar-refractivity contribution in [1.82, 2.24) is 10.3 Å². The topological polar surface area (TPSA) is 34.1 Å². The molecule has 0 aromatic carbocycles. The molecule has 1 unspecified atom stereocenters. The molecule has 0 amide bonds. The molecular weight excluding hydrogens is 244 g/mol. The first-order chi connectivity index (χ1) is 8.72. The summed E-state index contributed by atoms with van der Waals surface area (Å²) in [5.41, 5.74) is -0.0939. The molecule has 2 rings (SSSR count). The summed E-state index contributed by atoms with van der Waals surface area (Å²) < 4.78 is 6.11. The molecule has 0 bridgehead atoms. The van der Waals surface area contributed by atoms with Crippen LogP contribution in [-0.2, 0) is 10.3 Å². The Morgan fingerprint density at radius 2 is 2.17 bits per heavy atom. The Labute approximate surface area is 114 Å². The predicted molar refractivity (Wildman–Crippen MR) is 76.0 cm³/mol. The van der Waals surface area contributed by atoms with Crippen molar-refractivity contribution < 1.29 is 4.74 Å². The van der Waals surface area contributed by atoms with Crippen LogP contribution in [0.2, 0.25) is 0 Å². The van der Waals surface area contributed by atoms with Crippen molar-refractivity contribution in [3.8, 4) is 0 Å². The Bertz CT molecular complexity index is 366. The lowest BCUT2D eigenvalue weighted by molar-refractivity contribution is -0.0704. The highest BCUT2D eigenvalue weighted by Gasteiger charge is 2.37. The molecule has 0 radical (unpaired) electrons. The van der Waals surface area contributed by atoms with Gasteiger partial charge in [0.2, 0.25) is 0 Å². The van der Waals surface area contributed by atoms with Crippen molar-refractivity contribution >= 4 is 11.3 Å². The third-order valence-electron chi connectivity index (χ3n) is 3.85. The maximum absolute atomic E-state index is 6.11. The zero-order chi connectivity index (χ0) is 13.0. The van der Waals surface area contributed by atoms with Crippen molar-refractivity contribution in [2.45, 2.75) is 57.6 Å². The van der Waals surface area contributed by atoms with E-state index in [1.807, 2.05) is 24.6 Å². The summed E-state index contributed by atoms with van der Waals surface area (Å²) in [5.74, 6) is 0. The zero-order valence-electron chi connectivity index (χ0n) is 11.7. The SMILES string of the molecule is CCOC1(c2ncc(C(C)NC)s2)CCCCC1. The lowest BCUT2D eigenvalue weighted by Crippen LogP contribution is -2.32. The highest BCUT2D eigenvalue weighted by atomic mass is 32.1. The number of aromatic nitrogens is 1. The van der Waals surface area contributed by atoms with Crippen LogP contribution < -0.4 is 5.32 Å². The zero-order valence-corrected chi connectivity index (χ0v) is 12.5. The van der Waals surface area contributed by atoms with E-state index in [1.165, 1.54) is 29.1 Å². The maximum atomic E-state index is 6.11. The first-order valence-corrected chi connectivity index (χ1v) is 7.81. The second-order valence-electron chi connectivity index (χ2n) is 5.07.